The highest BCUT2D eigenvalue weighted by Crippen LogP contribution is 2.29. The molecular weight excluding hydrogens is 278 g/mol. The Kier molecular flexibility index (Phi) is 4.27. The molecule has 0 saturated heterocycles. The summed E-state index contributed by atoms with van der Waals surface area (Å²) in [6.45, 7) is 5.25. The minimum Gasteiger partial charge on any atom is -0.306 e. The van der Waals surface area contributed by atoms with Crippen LogP contribution in [0.5, 0.6) is 0 Å². The highest BCUT2D eigenvalue weighted by Gasteiger charge is 2.18. The van der Waals surface area contributed by atoms with E-state index in [4.69, 9.17) is 0 Å². The lowest BCUT2D eigenvalue weighted by Gasteiger charge is -2.18. The summed E-state index contributed by atoms with van der Waals surface area (Å²) in [5.41, 5.74) is 5.32. The highest BCUT2D eigenvalue weighted by molar-refractivity contribution is 7.09. The number of pyridine rings is 1. The number of rotatable bonds is 5. The fourth-order valence-electron chi connectivity index (χ4n) is 2.50. The van der Waals surface area contributed by atoms with E-state index in [0.29, 0.717) is 0 Å². The number of aryl methyl sites for hydroxylation is 1. The van der Waals surface area contributed by atoms with Gasteiger partial charge in [-0.3, -0.25) is 4.98 Å². The third kappa shape index (κ3) is 2.96. The fraction of sp³-hybridized carbons (Fsp3) is 0.294. The number of nitrogens with zero attached hydrogens (tertiary/aromatic N) is 2. The van der Waals surface area contributed by atoms with Crippen molar-refractivity contribution in [1.82, 2.24) is 15.3 Å². The zero-order chi connectivity index (χ0) is 14.7. The van der Waals surface area contributed by atoms with Crippen molar-refractivity contribution >= 4 is 22.2 Å². The normalized spacial score (nSPS) is 12.7. The van der Waals surface area contributed by atoms with Crippen LogP contribution in [0.25, 0.3) is 10.9 Å². The molecule has 108 valence electrons. The molecule has 0 aliphatic rings. The van der Waals surface area contributed by atoms with Gasteiger partial charge in [-0.05, 0) is 37.6 Å². The standard InChI is InChI=1S/C17H19N3S/c1-3-8-19-16(17-12(2)20-11-21-17)14-7-6-13-5-4-9-18-15(13)10-14/h4-7,9-11,16,19H,3,8H2,1-2H3. The van der Waals surface area contributed by atoms with Gasteiger partial charge in [-0.1, -0.05) is 25.1 Å². The molecule has 0 bridgehead atoms. The van der Waals surface area contributed by atoms with Crippen LogP contribution in [0.3, 0.4) is 0 Å². The van der Waals surface area contributed by atoms with Gasteiger partial charge in [0.25, 0.3) is 0 Å². The second kappa shape index (κ2) is 6.33. The largest absolute Gasteiger partial charge is 0.306 e. The Bertz CT molecular complexity index is 735. The lowest BCUT2D eigenvalue weighted by atomic mass is 10.0. The molecule has 0 saturated carbocycles. The molecule has 1 atom stereocenters. The van der Waals surface area contributed by atoms with Crippen LogP contribution < -0.4 is 5.32 Å². The molecule has 2 heterocycles. The molecule has 0 spiro atoms. The summed E-state index contributed by atoms with van der Waals surface area (Å²) in [7, 11) is 0. The summed E-state index contributed by atoms with van der Waals surface area (Å²) in [6, 6.07) is 10.8. The van der Waals surface area contributed by atoms with Gasteiger partial charge < -0.3 is 5.32 Å². The van der Waals surface area contributed by atoms with Gasteiger partial charge in [-0.2, -0.15) is 0 Å². The van der Waals surface area contributed by atoms with Crippen LogP contribution in [0.15, 0.2) is 42.0 Å². The average Bonchev–Trinajstić information content (AvgIpc) is 2.94. The van der Waals surface area contributed by atoms with Gasteiger partial charge in [0.05, 0.1) is 22.8 Å². The van der Waals surface area contributed by atoms with Crippen LogP contribution in [-0.4, -0.2) is 16.5 Å². The van der Waals surface area contributed by atoms with Gasteiger partial charge in [-0.25, -0.2) is 4.98 Å². The summed E-state index contributed by atoms with van der Waals surface area (Å²) < 4.78 is 0. The van der Waals surface area contributed by atoms with Crippen molar-refractivity contribution in [1.29, 1.82) is 0 Å². The van der Waals surface area contributed by atoms with Crippen LogP contribution in [-0.2, 0) is 0 Å². The number of fused-ring (bicyclic) bond motifs is 1. The average molecular weight is 297 g/mol. The smallest absolute Gasteiger partial charge is 0.0798 e. The number of aromatic nitrogens is 2. The molecule has 0 aliphatic carbocycles. The Morgan fingerprint density at radius 1 is 1.24 bits per heavy atom. The molecule has 0 radical (unpaired) electrons. The number of thiazole rings is 1. The van der Waals surface area contributed by atoms with E-state index in [-0.39, 0.29) is 6.04 Å². The van der Waals surface area contributed by atoms with Crippen molar-refractivity contribution in [2.75, 3.05) is 6.54 Å². The molecule has 1 N–H and O–H groups in total. The Balaban J connectivity index is 2.03. The van der Waals surface area contributed by atoms with Crippen LogP contribution in [0.4, 0.5) is 0 Å². The molecule has 4 heteroatoms. The summed E-state index contributed by atoms with van der Waals surface area (Å²) in [5, 5.41) is 4.81. The first kappa shape index (κ1) is 14.2. The number of benzene rings is 1. The summed E-state index contributed by atoms with van der Waals surface area (Å²) in [4.78, 5) is 10.2. The molecule has 1 unspecified atom stereocenters. The van der Waals surface area contributed by atoms with E-state index in [1.807, 2.05) is 17.8 Å². The summed E-state index contributed by atoms with van der Waals surface area (Å²) in [5.74, 6) is 0. The maximum absolute atomic E-state index is 4.47. The lowest BCUT2D eigenvalue weighted by molar-refractivity contribution is 0.603. The van der Waals surface area contributed by atoms with Crippen molar-refractivity contribution < 1.29 is 0 Å². The van der Waals surface area contributed by atoms with E-state index in [0.717, 1.165) is 24.2 Å². The van der Waals surface area contributed by atoms with Gasteiger partial charge in [0.2, 0.25) is 0 Å². The summed E-state index contributed by atoms with van der Waals surface area (Å²) in [6.07, 6.45) is 2.96. The second-order valence-corrected chi connectivity index (χ2v) is 6.03. The van der Waals surface area contributed by atoms with Crippen LogP contribution >= 0.6 is 11.3 Å². The van der Waals surface area contributed by atoms with Crippen molar-refractivity contribution in [2.24, 2.45) is 0 Å². The van der Waals surface area contributed by atoms with Gasteiger partial charge >= 0.3 is 0 Å². The van der Waals surface area contributed by atoms with Gasteiger partial charge in [0, 0.05) is 16.5 Å². The van der Waals surface area contributed by atoms with Gasteiger partial charge in [0.15, 0.2) is 0 Å². The number of nitrogens with one attached hydrogen (secondary N) is 1. The summed E-state index contributed by atoms with van der Waals surface area (Å²) >= 11 is 1.71. The molecule has 2 aromatic heterocycles. The van der Waals surface area contributed by atoms with Crippen LogP contribution in [0, 0.1) is 6.92 Å². The van der Waals surface area contributed by atoms with Crippen LogP contribution in [0.1, 0.15) is 35.5 Å². The molecule has 1 aromatic carbocycles. The lowest BCUT2D eigenvalue weighted by Crippen LogP contribution is -2.23. The molecule has 0 amide bonds. The van der Waals surface area contributed by atoms with Crippen molar-refractivity contribution in [3.63, 3.8) is 0 Å². The maximum Gasteiger partial charge on any atom is 0.0798 e. The number of hydrogen-bond acceptors (Lipinski definition) is 4. The highest BCUT2D eigenvalue weighted by atomic mass is 32.1. The molecule has 3 rings (SSSR count). The first-order chi connectivity index (χ1) is 10.3. The zero-order valence-electron chi connectivity index (χ0n) is 12.3. The molecule has 3 aromatic rings. The minimum atomic E-state index is 0.198. The monoisotopic (exact) mass is 297 g/mol. The van der Waals surface area contributed by atoms with E-state index < -0.39 is 0 Å². The predicted molar refractivity (Wildman–Crippen MR) is 88.7 cm³/mol. The van der Waals surface area contributed by atoms with E-state index in [1.165, 1.54) is 15.8 Å². The molecule has 21 heavy (non-hydrogen) atoms. The quantitative estimate of drug-likeness (QED) is 0.771. The third-order valence-electron chi connectivity index (χ3n) is 3.61. The number of hydrogen-bond donors (Lipinski definition) is 1. The first-order valence-electron chi connectivity index (χ1n) is 7.27. The Labute approximate surface area is 129 Å². The molecular formula is C17H19N3S. The fourth-order valence-corrected chi connectivity index (χ4v) is 3.40. The van der Waals surface area contributed by atoms with Crippen molar-refractivity contribution in [3.8, 4) is 0 Å². The van der Waals surface area contributed by atoms with Crippen LogP contribution in [0.2, 0.25) is 0 Å². The van der Waals surface area contributed by atoms with E-state index >= 15 is 0 Å². The Hall–Kier alpha value is -1.78. The van der Waals surface area contributed by atoms with E-state index in [1.54, 1.807) is 11.3 Å². The van der Waals surface area contributed by atoms with E-state index in [2.05, 4.69) is 53.4 Å². The van der Waals surface area contributed by atoms with Crippen molar-refractivity contribution in [3.05, 3.63) is 58.2 Å². The second-order valence-electron chi connectivity index (χ2n) is 5.14. The van der Waals surface area contributed by atoms with E-state index in [9.17, 15) is 0 Å². The maximum atomic E-state index is 4.47. The van der Waals surface area contributed by atoms with Crippen molar-refractivity contribution in [2.45, 2.75) is 26.3 Å². The van der Waals surface area contributed by atoms with Gasteiger partial charge in [-0.15, -0.1) is 11.3 Å². The topological polar surface area (TPSA) is 37.8 Å². The third-order valence-corrected chi connectivity index (χ3v) is 4.60. The minimum absolute atomic E-state index is 0.198. The Morgan fingerprint density at radius 2 is 2.14 bits per heavy atom. The van der Waals surface area contributed by atoms with Gasteiger partial charge in [0.1, 0.15) is 0 Å². The SMILES string of the molecule is CCCNC(c1ccc2cccnc2c1)c1scnc1C. The first-order valence-corrected chi connectivity index (χ1v) is 8.15. The molecule has 3 nitrogen and oxygen atoms in total. The predicted octanol–water partition coefficient (Wildman–Crippen LogP) is 4.09. The molecule has 0 fully saturated rings. The molecule has 0 aliphatic heterocycles. The zero-order valence-corrected chi connectivity index (χ0v) is 13.2. The Morgan fingerprint density at radius 3 is 2.90 bits per heavy atom.